The van der Waals surface area contributed by atoms with Crippen LogP contribution in [0.3, 0.4) is 0 Å². The topological polar surface area (TPSA) is 80.7 Å². The normalized spacial score (nSPS) is 14.5. The first-order chi connectivity index (χ1) is 9.16. The summed E-state index contributed by atoms with van der Waals surface area (Å²) in [5, 5.41) is 0. The van der Waals surface area contributed by atoms with Crippen LogP contribution >= 0.6 is 0 Å². The molecule has 0 heterocycles. The molecule has 0 spiro atoms. The van der Waals surface area contributed by atoms with Crippen molar-refractivity contribution in [1.29, 1.82) is 0 Å². The lowest BCUT2D eigenvalue weighted by atomic mass is 10.1. The van der Waals surface area contributed by atoms with Gasteiger partial charge in [0, 0.05) is 6.08 Å². The maximum absolute atomic E-state index is 12.7. The molecule has 0 aromatic rings. The van der Waals surface area contributed by atoms with Gasteiger partial charge < -0.3 is 4.74 Å². The number of alkyl halides is 6. The van der Waals surface area contributed by atoms with E-state index in [1.165, 1.54) is 6.92 Å². The predicted molar refractivity (Wildman–Crippen MR) is 56.8 cm³/mol. The Labute approximate surface area is 115 Å². The second kappa shape index (κ2) is 6.22. The van der Waals surface area contributed by atoms with Crippen LogP contribution in [0.1, 0.15) is 13.3 Å². The first-order valence-electron chi connectivity index (χ1n) is 5.14. The third kappa shape index (κ3) is 5.19. The Kier molecular flexibility index (Phi) is 5.83. The minimum Gasteiger partial charge on any atom is -0.435 e. The van der Waals surface area contributed by atoms with E-state index in [0.717, 1.165) is 6.08 Å². The van der Waals surface area contributed by atoms with Gasteiger partial charge in [0.15, 0.2) is 0 Å². The molecular weight excluding hydrogens is 334 g/mol. The van der Waals surface area contributed by atoms with Crippen LogP contribution in [0.25, 0.3) is 0 Å². The highest BCUT2D eigenvalue weighted by Crippen LogP contribution is 2.46. The number of halogens is 6. The van der Waals surface area contributed by atoms with Crippen molar-refractivity contribution >= 4 is 16.1 Å². The van der Waals surface area contributed by atoms with Gasteiger partial charge in [-0.3, -0.25) is 4.55 Å². The van der Waals surface area contributed by atoms with Crippen LogP contribution in [0.2, 0.25) is 0 Å². The Morgan fingerprint density at radius 3 is 1.86 bits per heavy atom. The van der Waals surface area contributed by atoms with Gasteiger partial charge in [0.1, 0.15) is 5.75 Å². The van der Waals surface area contributed by atoms with Gasteiger partial charge in [-0.15, -0.1) is 0 Å². The van der Waals surface area contributed by atoms with Crippen LogP contribution in [0.4, 0.5) is 26.3 Å². The number of allylic oxidation sites excluding steroid dienone is 1. The van der Waals surface area contributed by atoms with E-state index in [0.29, 0.717) is 0 Å². The molecule has 0 radical (unpaired) electrons. The van der Waals surface area contributed by atoms with E-state index < -0.39 is 39.8 Å². The number of hydrogen-bond donors (Lipinski definition) is 1. The summed E-state index contributed by atoms with van der Waals surface area (Å²) in [6, 6.07) is 0. The highest BCUT2D eigenvalue weighted by molar-refractivity contribution is 7.85. The predicted octanol–water partition coefficient (Wildman–Crippen LogP) is 2.25. The molecule has 0 saturated carbocycles. The van der Waals surface area contributed by atoms with Gasteiger partial charge in [-0.05, 0) is 6.42 Å². The average Bonchev–Trinajstić information content (AvgIpc) is 2.20. The molecule has 0 saturated heterocycles. The van der Waals surface area contributed by atoms with Gasteiger partial charge in [0.05, 0.1) is 0 Å². The number of esters is 1. The summed E-state index contributed by atoms with van der Waals surface area (Å²) in [6.45, 7) is 1.43. The van der Waals surface area contributed by atoms with Crippen molar-refractivity contribution in [2.24, 2.45) is 0 Å². The summed E-state index contributed by atoms with van der Waals surface area (Å²) in [5.41, 5.74) is -5.36. The zero-order valence-corrected chi connectivity index (χ0v) is 11.1. The Balaban J connectivity index is 5.95. The average molecular weight is 344 g/mol. The van der Waals surface area contributed by atoms with Gasteiger partial charge in [0.25, 0.3) is 10.1 Å². The fraction of sp³-hybridized carbons (Fsp3) is 0.667. The fourth-order valence-electron chi connectivity index (χ4n) is 1.15. The molecule has 0 aromatic heterocycles. The van der Waals surface area contributed by atoms with Crippen molar-refractivity contribution in [3.63, 3.8) is 0 Å². The standard InChI is InChI=1S/C9H10F6O5S/c1-2-3-4-6(16)20-7(8(10,11)12,9(13,14)15)5-21(17,18)19/h3-4H,2,5H2,1H3,(H,17,18,19)/b4-3+. The van der Waals surface area contributed by atoms with E-state index in [9.17, 15) is 39.6 Å². The van der Waals surface area contributed by atoms with Crippen LogP contribution in [0.5, 0.6) is 0 Å². The molecule has 0 rings (SSSR count). The van der Waals surface area contributed by atoms with E-state index >= 15 is 0 Å². The fourth-order valence-corrected chi connectivity index (χ4v) is 2.05. The molecule has 0 unspecified atom stereocenters. The van der Waals surface area contributed by atoms with Crippen molar-refractivity contribution < 1.29 is 48.8 Å². The quantitative estimate of drug-likeness (QED) is 0.358. The zero-order chi connectivity index (χ0) is 17.1. The molecule has 0 aromatic carbocycles. The molecule has 0 aliphatic heterocycles. The number of hydrogen-bond acceptors (Lipinski definition) is 4. The van der Waals surface area contributed by atoms with Crippen LogP contribution in [0, 0.1) is 0 Å². The first kappa shape index (κ1) is 19.7. The lowest BCUT2D eigenvalue weighted by Gasteiger charge is -2.35. The van der Waals surface area contributed by atoms with Gasteiger partial charge in [-0.2, -0.15) is 34.8 Å². The van der Waals surface area contributed by atoms with E-state index in [-0.39, 0.29) is 12.5 Å². The van der Waals surface area contributed by atoms with Gasteiger partial charge in [0.2, 0.25) is 0 Å². The minimum atomic E-state index is -6.31. The summed E-state index contributed by atoms with van der Waals surface area (Å²) in [4.78, 5) is 11.0. The van der Waals surface area contributed by atoms with Crippen molar-refractivity contribution in [1.82, 2.24) is 0 Å². The SMILES string of the molecule is CC/C=C/C(=O)OC(CS(=O)(=O)O)(C(F)(F)F)C(F)(F)F. The van der Waals surface area contributed by atoms with Crippen LogP contribution in [-0.4, -0.2) is 42.6 Å². The zero-order valence-electron chi connectivity index (χ0n) is 10.3. The summed E-state index contributed by atoms with van der Waals surface area (Å²) in [7, 11) is -5.76. The third-order valence-corrected chi connectivity index (χ3v) is 2.84. The van der Waals surface area contributed by atoms with Crippen LogP contribution in [-0.2, 0) is 19.6 Å². The Morgan fingerprint density at radius 2 is 1.57 bits per heavy atom. The second-order valence-corrected chi connectivity index (χ2v) is 5.23. The highest BCUT2D eigenvalue weighted by Gasteiger charge is 2.75. The molecule has 12 heteroatoms. The molecule has 1 N–H and O–H groups in total. The lowest BCUT2D eigenvalue weighted by Crippen LogP contribution is -2.63. The van der Waals surface area contributed by atoms with Crippen LogP contribution < -0.4 is 0 Å². The molecule has 0 aliphatic carbocycles. The number of ether oxygens (including phenoxy) is 1. The Bertz CT molecular complexity index is 490. The van der Waals surface area contributed by atoms with Crippen molar-refractivity contribution in [3.8, 4) is 0 Å². The van der Waals surface area contributed by atoms with E-state index in [2.05, 4.69) is 4.74 Å². The Morgan fingerprint density at radius 1 is 1.14 bits per heavy atom. The monoisotopic (exact) mass is 344 g/mol. The Hall–Kier alpha value is -1.30. The highest BCUT2D eigenvalue weighted by atomic mass is 32.2. The summed E-state index contributed by atoms with van der Waals surface area (Å²) >= 11 is 0. The molecule has 124 valence electrons. The lowest BCUT2D eigenvalue weighted by molar-refractivity contribution is -0.360. The maximum atomic E-state index is 12.7. The van der Waals surface area contributed by atoms with Gasteiger partial charge in [-0.1, -0.05) is 13.0 Å². The van der Waals surface area contributed by atoms with E-state index in [1.54, 1.807) is 0 Å². The second-order valence-electron chi connectivity index (χ2n) is 3.78. The molecule has 0 amide bonds. The van der Waals surface area contributed by atoms with Crippen molar-refractivity contribution in [2.75, 3.05) is 5.75 Å². The number of carbonyl (C=O) groups excluding carboxylic acids is 1. The smallest absolute Gasteiger partial charge is 0.435 e. The van der Waals surface area contributed by atoms with Crippen molar-refractivity contribution in [2.45, 2.75) is 31.3 Å². The largest absolute Gasteiger partial charge is 0.438 e. The van der Waals surface area contributed by atoms with Gasteiger partial charge >= 0.3 is 23.9 Å². The molecule has 5 nitrogen and oxygen atoms in total. The molecule has 0 atom stereocenters. The molecule has 0 fully saturated rings. The summed E-state index contributed by atoms with van der Waals surface area (Å²) in [5.74, 6) is -4.94. The molecule has 0 bridgehead atoms. The number of carbonyl (C=O) groups is 1. The molecular formula is C9H10F6O5S. The minimum absolute atomic E-state index is 0.110. The first-order valence-corrected chi connectivity index (χ1v) is 6.75. The summed E-state index contributed by atoms with van der Waals surface area (Å²) < 4.78 is 109. The van der Waals surface area contributed by atoms with E-state index in [4.69, 9.17) is 4.55 Å². The van der Waals surface area contributed by atoms with E-state index in [1.807, 2.05) is 0 Å². The summed E-state index contributed by atoms with van der Waals surface area (Å²) in [6.07, 6.45) is -11.3. The third-order valence-electron chi connectivity index (χ3n) is 2.07. The number of rotatable bonds is 5. The van der Waals surface area contributed by atoms with Crippen molar-refractivity contribution in [3.05, 3.63) is 12.2 Å². The molecule has 0 aliphatic rings. The van der Waals surface area contributed by atoms with Crippen LogP contribution in [0.15, 0.2) is 12.2 Å². The van der Waals surface area contributed by atoms with Gasteiger partial charge in [-0.25, -0.2) is 4.79 Å². The molecule has 21 heavy (non-hydrogen) atoms. The maximum Gasteiger partial charge on any atom is 0.438 e.